The van der Waals surface area contributed by atoms with Crippen LogP contribution in [0.25, 0.3) is 0 Å². The maximum atomic E-state index is 9.52. The average molecular weight is 266 g/mol. The molecule has 1 unspecified atom stereocenters. The van der Waals surface area contributed by atoms with Crippen molar-refractivity contribution in [3.8, 4) is 0 Å². The Bertz CT molecular complexity index is 428. The summed E-state index contributed by atoms with van der Waals surface area (Å²) in [4.78, 5) is 9.10. The highest BCUT2D eigenvalue weighted by Gasteiger charge is 2.23. The van der Waals surface area contributed by atoms with Gasteiger partial charge in [-0.15, -0.1) is 0 Å². The van der Waals surface area contributed by atoms with E-state index in [1.807, 2.05) is 27.8 Å². The molecule has 0 aliphatic carbocycles. The number of aliphatic hydroxyl groups is 1. The summed E-state index contributed by atoms with van der Waals surface area (Å²) in [5, 5.41) is 16.0. The second kappa shape index (κ2) is 6.19. The lowest BCUT2D eigenvalue weighted by Gasteiger charge is -2.29. The van der Waals surface area contributed by atoms with Crippen molar-refractivity contribution in [1.82, 2.24) is 9.97 Å². The summed E-state index contributed by atoms with van der Waals surface area (Å²) in [6.07, 6.45) is 0.818. The minimum Gasteiger partial charge on any atom is -0.394 e. The Kier molecular flexibility index (Phi) is 5.11. The lowest BCUT2D eigenvalue weighted by molar-refractivity contribution is 0.218. The average Bonchev–Trinajstić information content (AvgIpc) is 2.40. The lowest BCUT2D eigenvalue weighted by atomic mass is 10.00. The first-order chi connectivity index (χ1) is 8.86. The van der Waals surface area contributed by atoms with E-state index in [2.05, 4.69) is 34.4 Å². The maximum absolute atomic E-state index is 9.52. The number of hydrogen-bond donors (Lipinski definition) is 3. The highest BCUT2D eigenvalue weighted by Crippen LogP contribution is 2.26. The Morgan fingerprint density at radius 1 is 1.26 bits per heavy atom. The van der Waals surface area contributed by atoms with Gasteiger partial charge in [-0.25, -0.2) is 9.97 Å². The second-order valence-corrected chi connectivity index (χ2v) is 5.51. The number of aliphatic hydroxyl groups excluding tert-OH is 1. The lowest BCUT2D eigenvalue weighted by Crippen LogP contribution is -2.38. The van der Waals surface area contributed by atoms with Gasteiger partial charge >= 0.3 is 0 Å². The SMILES string of the molecule is CCC(C)(CO)Nc1nc(C(C)C)nc(NC)c1C. The zero-order valence-corrected chi connectivity index (χ0v) is 12.8. The van der Waals surface area contributed by atoms with Crippen molar-refractivity contribution in [2.75, 3.05) is 24.3 Å². The standard InChI is InChI=1S/C14H26N4O/c1-7-14(5,8-19)18-13-10(4)12(15-6)16-11(17-13)9(2)3/h9,19H,7-8H2,1-6H3,(H2,15,16,17,18). The van der Waals surface area contributed by atoms with Gasteiger partial charge in [-0.05, 0) is 20.3 Å². The van der Waals surface area contributed by atoms with E-state index in [1.54, 1.807) is 0 Å². The Balaban J connectivity index is 3.22. The predicted octanol–water partition coefficient (Wildman–Crippen LogP) is 2.52. The summed E-state index contributed by atoms with van der Waals surface area (Å²) in [7, 11) is 1.86. The van der Waals surface area contributed by atoms with Crippen LogP contribution >= 0.6 is 0 Å². The van der Waals surface area contributed by atoms with Gasteiger partial charge in [0.05, 0.1) is 12.1 Å². The van der Waals surface area contributed by atoms with Crippen LogP contribution in [0.5, 0.6) is 0 Å². The van der Waals surface area contributed by atoms with E-state index in [1.165, 1.54) is 0 Å². The summed E-state index contributed by atoms with van der Waals surface area (Å²) in [5.41, 5.74) is 0.610. The first kappa shape index (κ1) is 15.7. The Labute approximate surface area is 115 Å². The third kappa shape index (κ3) is 3.56. The molecule has 3 N–H and O–H groups in total. The molecule has 1 heterocycles. The largest absolute Gasteiger partial charge is 0.394 e. The number of nitrogens with zero attached hydrogens (tertiary/aromatic N) is 2. The molecule has 5 nitrogen and oxygen atoms in total. The van der Waals surface area contributed by atoms with Crippen LogP contribution < -0.4 is 10.6 Å². The molecule has 1 atom stereocenters. The number of hydrogen-bond acceptors (Lipinski definition) is 5. The Morgan fingerprint density at radius 2 is 1.84 bits per heavy atom. The van der Waals surface area contributed by atoms with Gasteiger partial charge in [-0.2, -0.15) is 0 Å². The fourth-order valence-electron chi connectivity index (χ4n) is 1.68. The van der Waals surface area contributed by atoms with Gasteiger partial charge in [0.1, 0.15) is 17.5 Å². The van der Waals surface area contributed by atoms with E-state index < -0.39 is 0 Å². The number of rotatable bonds is 6. The van der Waals surface area contributed by atoms with Crippen LogP contribution in [-0.2, 0) is 0 Å². The summed E-state index contributed by atoms with van der Waals surface area (Å²) in [5.74, 6) is 2.68. The van der Waals surface area contributed by atoms with Crippen molar-refractivity contribution >= 4 is 11.6 Å². The van der Waals surface area contributed by atoms with E-state index in [-0.39, 0.29) is 18.1 Å². The molecule has 5 heteroatoms. The smallest absolute Gasteiger partial charge is 0.135 e. The van der Waals surface area contributed by atoms with Crippen LogP contribution in [0.4, 0.5) is 11.6 Å². The van der Waals surface area contributed by atoms with Gasteiger partial charge in [0.15, 0.2) is 0 Å². The first-order valence-electron chi connectivity index (χ1n) is 6.82. The molecule has 1 rings (SSSR count). The number of nitrogens with one attached hydrogen (secondary N) is 2. The van der Waals surface area contributed by atoms with Crippen molar-refractivity contribution in [3.05, 3.63) is 11.4 Å². The third-order valence-electron chi connectivity index (χ3n) is 3.47. The molecule has 1 aromatic heterocycles. The van der Waals surface area contributed by atoms with Gasteiger partial charge in [0.2, 0.25) is 0 Å². The van der Waals surface area contributed by atoms with E-state index in [9.17, 15) is 5.11 Å². The molecule has 0 saturated heterocycles. The molecule has 108 valence electrons. The quantitative estimate of drug-likeness (QED) is 0.738. The van der Waals surface area contributed by atoms with Gasteiger partial charge in [-0.1, -0.05) is 20.8 Å². The van der Waals surface area contributed by atoms with E-state index in [4.69, 9.17) is 0 Å². The van der Waals surface area contributed by atoms with Crippen molar-refractivity contribution in [1.29, 1.82) is 0 Å². The molecule has 0 bridgehead atoms. The molecule has 0 aliphatic rings. The fraction of sp³-hybridized carbons (Fsp3) is 0.714. The molecular formula is C14H26N4O. The number of anilines is 2. The van der Waals surface area contributed by atoms with E-state index in [0.717, 1.165) is 29.4 Å². The van der Waals surface area contributed by atoms with Gasteiger partial charge < -0.3 is 15.7 Å². The van der Waals surface area contributed by atoms with Gasteiger partial charge in [-0.3, -0.25) is 0 Å². The van der Waals surface area contributed by atoms with Crippen molar-refractivity contribution in [2.24, 2.45) is 0 Å². The molecule has 0 spiro atoms. The van der Waals surface area contributed by atoms with E-state index >= 15 is 0 Å². The zero-order valence-electron chi connectivity index (χ0n) is 12.8. The fourth-order valence-corrected chi connectivity index (χ4v) is 1.68. The molecule has 0 amide bonds. The van der Waals surface area contributed by atoms with Crippen molar-refractivity contribution < 1.29 is 5.11 Å². The molecule has 19 heavy (non-hydrogen) atoms. The van der Waals surface area contributed by atoms with Gasteiger partial charge in [0, 0.05) is 18.5 Å². The highest BCUT2D eigenvalue weighted by atomic mass is 16.3. The maximum Gasteiger partial charge on any atom is 0.135 e. The summed E-state index contributed by atoms with van der Waals surface area (Å²) < 4.78 is 0. The molecule has 1 aromatic rings. The van der Waals surface area contributed by atoms with Crippen molar-refractivity contribution in [3.63, 3.8) is 0 Å². The molecule has 0 saturated carbocycles. The summed E-state index contributed by atoms with van der Waals surface area (Å²) in [6.45, 7) is 10.2. The van der Waals surface area contributed by atoms with Crippen LogP contribution in [0.3, 0.4) is 0 Å². The molecule has 0 aromatic carbocycles. The minimum absolute atomic E-state index is 0.0683. The van der Waals surface area contributed by atoms with Crippen LogP contribution in [0.15, 0.2) is 0 Å². The topological polar surface area (TPSA) is 70.1 Å². The monoisotopic (exact) mass is 266 g/mol. The highest BCUT2D eigenvalue weighted by molar-refractivity contribution is 5.58. The number of aromatic nitrogens is 2. The Morgan fingerprint density at radius 3 is 2.26 bits per heavy atom. The molecule has 0 fully saturated rings. The first-order valence-corrected chi connectivity index (χ1v) is 6.82. The molecular weight excluding hydrogens is 240 g/mol. The van der Waals surface area contributed by atoms with Crippen molar-refractivity contribution in [2.45, 2.75) is 52.5 Å². The van der Waals surface area contributed by atoms with Crippen LogP contribution in [-0.4, -0.2) is 34.3 Å². The second-order valence-electron chi connectivity index (χ2n) is 5.51. The zero-order chi connectivity index (χ0) is 14.6. The summed E-state index contributed by atoms with van der Waals surface area (Å²) >= 11 is 0. The predicted molar refractivity (Wildman–Crippen MR) is 79.8 cm³/mol. The Hall–Kier alpha value is -1.36. The third-order valence-corrected chi connectivity index (χ3v) is 3.47. The summed E-state index contributed by atoms with van der Waals surface area (Å²) in [6, 6.07) is 0. The minimum atomic E-state index is -0.363. The van der Waals surface area contributed by atoms with Gasteiger partial charge in [0.25, 0.3) is 0 Å². The van der Waals surface area contributed by atoms with Crippen LogP contribution in [0.2, 0.25) is 0 Å². The molecule has 0 aliphatic heterocycles. The normalized spacial score (nSPS) is 14.3. The van der Waals surface area contributed by atoms with Crippen LogP contribution in [0.1, 0.15) is 51.4 Å². The molecule has 0 radical (unpaired) electrons. The van der Waals surface area contributed by atoms with E-state index in [0.29, 0.717) is 0 Å². The van der Waals surface area contributed by atoms with Crippen LogP contribution in [0, 0.1) is 6.92 Å².